The summed E-state index contributed by atoms with van der Waals surface area (Å²) in [6, 6.07) is 20.3. The molecule has 2 heterocycles. The van der Waals surface area contributed by atoms with E-state index in [9.17, 15) is 9.18 Å². The van der Waals surface area contributed by atoms with E-state index >= 15 is 0 Å². The normalized spacial score (nSPS) is 11.1. The lowest BCUT2D eigenvalue weighted by Crippen LogP contribution is -2.13. The third-order valence-corrected chi connectivity index (χ3v) is 5.01. The lowest BCUT2D eigenvalue weighted by molar-refractivity contribution is 0.102. The number of para-hydroxylation sites is 2. The van der Waals surface area contributed by atoms with E-state index in [0.29, 0.717) is 29.4 Å². The number of carbonyl (C=O) groups is 1. The predicted molar refractivity (Wildman–Crippen MR) is 119 cm³/mol. The van der Waals surface area contributed by atoms with Gasteiger partial charge in [0.15, 0.2) is 0 Å². The van der Waals surface area contributed by atoms with E-state index in [-0.39, 0.29) is 5.56 Å². The molecule has 8 heteroatoms. The average Bonchev–Trinajstić information content (AvgIpc) is 3.25. The Morgan fingerprint density at radius 3 is 2.69 bits per heavy atom. The van der Waals surface area contributed by atoms with E-state index in [2.05, 4.69) is 20.5 Å². The molecule has 32 heavy (non-hydrogen) atoms. The summed E-state index contributed by atoms with van der Waals surface area (Å²) in [4.78, 5) is 17.0. The molecule has 158 valence electrons. The Hall–Kier alpha value is -4.33. The smallest absolute Gasteiger partial charge is 0.266 e. The van der Waals surface area contributed by atoms with Gasteiger partial charge in [-0.15, -0.1) is 10.2 Å². The van der Waals surface area contributed by atoms with E-state index in [1.54, 1.807) is 30.3 Å². The van der Waals surface area contributed by atoms with Crippen LogP contribution in [0.4, 0.5) is 10.1 Å². The van der Waals surface area contributed by atoms with Crippen molar-refractivity contribution in [3.63, 3.8) is 0 Å². The summed E-state index contributed by atoms with van der Waals surface area (Å²) < 4.78 is 21.9. The van der Waals surface area contributed by atoms with E-state index in [4.69, 9.17) is 4.74 Å². The molecule has 0 atom stereocenters. The van der Waals surface area contributed by atoms with E-state index in [1.807, 2.05) is 35.6 Å². The number of carbonyl (C=O) groups excluding carboxylic acids is 1. The number of amides is 1. The highest BCUT2D eigenvalue weighted by atomic mass is 19.1. The number of hydrogen-bond acceptors (Lipinski definition) is 5. The molecule has 0 spiro atoms. The van der Waals surface area contributed by atoms with Crippen LogP contribution < -0.4 is 10.1 Å². The maximum absolute atomic E-state index is 13.9. The Labute approximate surface area is 182 Å². The van der Waals surface area contributed by atoms with Gasteiger partial charge < -0.3 is 10.1 Å². The first-order valence-corrected chi connectivity index (χ1v) is 10.1. The summed E-state index contributed by atoms with van der Waals surface area (Å²) in [5, 5.41) is 11.2. The van der Waals surface area contributed by atoms with Crippen LogP contribution in [0.15, 0.2) is 72.8 Å². The summed E-state index contributed by atoms with van der Waals surface area (Å²) in [7, 11) is 0. The van der Waals surface area contributed by atoms with Crippen LogP contribution in [0.5, 0.6) is 11.6 Å². The van der Waals surface area contributed by atoms with Crippen molar-refractivity contribution >= 4 is 28.3 Å². The maximum Gasteiger partial charge on any atom is 0.266 e. The van der Waals surface area contributed by atoms with E-state index in [0.717, 1.165) is 16.9 Å². The number of benzene rings is 3. The Morgan fingerprint density at radius 2 is 1.84 bits per heavy atom. The molecule has 7 nitrogen and oxygen atoms in total. The Morgan fingerprint density at radius 1 is 1.03 bits per heavy atom. The minimum atomic E-state index is -0.585. The van der Waals surface area contributed by atoms with Gasteiger partial charge in [0.25, 0.3) is 11.8 Å². The van der Waals surface area contributed by atoms with Crippen molar-refractivity contribution in [2.75, 3.05) is 5.32 Å². The summed E-state index contributed by atoms with van der Waals surface area (Å²) in [6.07, 6.45) is 0.701. The number of rotatable bonds is 5. The molecule has 0 aliphatic carbocycles. The molecule has 5 rings (SSSR count). The largest absolute Gasteiger partial charge is 0.436 e. The fourth-order valence-corrected chi connectivity index (χ4v) is 3.51. The quantitative estimate of drug-likeness (QED) is 0.426. The number of ether oxygens (including phenoxy) is 1. The molecule has 0 fully saturated rings. The molecule has 1 amide bonds. The zero-order chi connectivity index (χ0) is 22.1. The third kappa shape index (κ3) is 3.51. The zero-order valence-electron chi connectivity index (χ0n) is 17.1. The van der Waals surface area contributed by atoms with Gasteiger partial charge in [0.1, 0.15) is 17.4 Å². The highest BCUT2D eigenvalue weighted by Crippen LogP contribution is 2.29. The number of fused-ring (bicyclic) bond motifs is 3. The number of halogens is 1. The summed E-state index contributed by atoms with van der Waals surface area (Å²) in [5.74, 6) is 0.417. The topological polar surface area (TPSA) is 81.4 Å². The molecular weight excluding hydrogens is 409 g/mol. The average molecular weight is 427 g/mol. The monoisotopic (exact) mass is 427 g/mol. The van der Waals surface area contributed by atoms with Gasteiger partial charge in [-0.1, -0.05) is 37.3 Å². The van der Waals surface area contributed by atoms with Crippen molar-refractivity contribution in [3.8, 4) is 11.6 Å². The van der Waals surface area contributed by atoms with Crippen LogP contribution in [0.1, 0.15) is 23.1 Å². The van der Waals surface area contributed by atoms with Crippen LogP contribution in [0.2, 0.25) is 0 Å². The van der Waals surface area contributed by atoms with Crippen LogP contribution >= 0.6 is 0 Å². The van der Waals surface area contributed by atoms with Crippen molar-refractivity contribution in [2.24, 2.45) is 0 Å². The molecule has 0 aliphatic rings. The van der Waals surface area contributed by atoms with Gasteiger partial charge in [-0.05, 0) is 36.4 Å². The lowest BCUT2D eigenvalue weighted by Gasteiger charge is -2.11. The van der Waals surface area contributed by atoms with Crippen LogP contribution in [0.25, 0.3) is 16.7 Å². The Kier molecular flexibility index (Phi) is 4.95. The van der Waals surface area contributed by atoms with Crippen LogP contribution in [0.3, 0.4) is 0 Å². The second kappa shape index (κ2) is 8.07. The summed E-state index contributed by atoms with van der Waals surface area (Å²) in [5.41, 5.74) is 2.56. The molecule has 3 aromatic carbocycles. The fourth-order valence-electron chi connectivity index (χ4n) is 3.51. The van der Waals surface area contributed by atoms with Gasteiger partial charge in [-0.3, -0.25) is 9.20 Å². The van der Waals surface area contributed by atoms with Gasteiger partial charge in [0, 0.05) is 18.2 Å². The van der Waals surface area contributed by atoms with Gasteiger partial charge in [-0.25, -0.2) is 9.37 Å². The number of nitrogens with zero attached hydrogens (tertiary/aromatic N) is 4. The van der Waals surface area contributed by atoms with E-state index in [1.165, 1.54) is 18.2 Å². The second-order valence-electron chi connectivity index (χ2n) is 7.10. The molecule has 2 aromatic heterocycles. The molecular formula is C24H18FN5O2. The highest BCUT2D eigenvalue weighted by molar-refractivity contribution is 6.04. The number of hydrogen-bond donors (Lipinski definition) is 1. The van der Waals surface area contributed by atoms with Crippen molar-refractivity contribution in [2.45, 2.75) is 13.3 Å². The number of aryl methyl sites for hydroxylation is 1. The number of anilines is 1. The number of nitrogens with one attached hydrogen (secondary N) is 1. The predicted octanol–water partition coefficient (Wildman–Crippen LogP) is 5.02. The van der Waals surface area contributed by atoms with Crippen LogP contribution in [0, 0.1) is 5.82 Å². The third-order valence-electron chi connectivity index (χ3n) is 5.01. The standard InChI is InChI=1S/C24H18FN5O2/c1-2-21-28-29-22-24(27-19-12-5-6-13-20(19)30(21)22)32-16-9-7-8-15(14-16)26-23(31)17-10-3-4-11-18(17)25/h3-14H,2H2,1H3,(H,26,31). The first kappa shape index (κ1) is 19.6. The molecule has 0 unspecified atom stereocenters. The summed E-state index contributed by atoms with van der Waals surface area (Å²) >= 11 is 0. The first-order valence-electron chi connectivity index (χ1n) is 10.1. The molecule has 0 saturated heterocycles. The van der Waals surface area contributed by atoms with Gasteiger partial charge in [-0.2, -0.15) is 0 Å². The minimum Gasteiger partial charge on any atom is -0.436 e. The van der Waals surface area contributed by atoms with Crippen molar-refractivity contribution in [1.82, 2.24) is 19.6 Å². The molecule has 5 aromatic rings. The molecule has 0 bridgehead atoms. The zero-order valence-corrected chi connectivity index (χ0v) is 17.1. The van der Waals surface area contributed by atoms with Crippen molar-refractivity contribution < 1.29 is 13.9 Å². The van der Waals surface area contributed by atoms with Gasteiger partial charge in [0.2, 0.25) is 5.65 Å². The van der Waals surface area contributed by atoms with E-state index < -0.39 is 11.7 Å². The van der Waals surface area contributed by atoms with Crippen molar-refractivity contribution in [3.05, 3.63) is 90.0 Å². The van der Waals surface area contributed by atoms with Crippen LogP contribution in [-0.2, 0) is 6.42 Å². The molecule has 1 N–H and O–H groups in total. The molecule has 0 saturated carbocycles. The summed E-state index contributed by atoms with van der Waals surface area (Å²) in [6.45, 7) is 2.01. The Balaban J connectivity index is 1.49. The van der Waals surface area contributed by atoms with Crippen molar-refractivity contribution in [1.29, 1.82) is 0 Å². The number of aromatic nitrogens is 4. The second-order valence-corrected chi connectivity index (χ2v) is 7.10. The highest BCUT2D eigenvalue weighted by Gasteiger charge is 2.16. The maximum atomic E-state index is 13.9. The van der Waals surface area contributed by atoms with Crippen LogP contribution in [-0.4, -0.2) is 25.5 Å². The lowest BCUT2D eigenvalue weighted by atomic mass is 10.2. The Bertz CT molecular complexity index is 1460. The fraction of sp³-hybridized carbons (Fsp3) is 0.0833. The SMILES string of the molecule is CCc1nnc2c(Oc3cccc(NC(=O)c4ccccc4F)c3)nc3ccccc3n12. The molecule has 0 aliphatic heterocycles. The first-order chi connectivity index (χ1) is 15.6. The molecule has 0 radical (unpaired) electrons. The van der Waals surface area contributed by atoms with Gasteiger partial charge >= 0.3 is 0 Å². The van der Waals surface area contributed by atoms with Gasteiger partial charge in [0.05, 0.1) is 16.6 Å². The minimum absolute atomic E-state index is 0.0349.